The standard InChI is InChI=1S/C13H24ClNO/c1-3-5-6-11(4-2)12(16)15-10-13(9-14)7-8-13/h11H,3-10H2,1-2H3,(H,15,16). The molecular weight excluding hydrogens is 222 g/mol. The van der Waals surface area contributed by atoms with Gasteiger partial charge in [0.1, 0.15) is 0 Å². The summed E-state index contributed by atoms with van der Waals surface area (Å²) in [6.07, 6.45) is 6.61. The molecule has 2 nitrogen and oxygen atoms in total. The third-order valence-corrected chi connectivity index (χ3v) is 4.21. The normalized spacial score (nSPS) is 19.2. The molecule has 1 rings (SSSR count). The van der Waals surface area contributed by atoms with Crippen LogP contribution in [0.25, 0.3) is 0 Å². The molecule has 1 aliphatic rings. The van der Waals surface area contributed by atoms with E-state index < -0.39 is 0 Å². The van der Waals surface area contributed by atoms with E-state index in [0.717, 1.165) is 32.2 Å². The SMILES string of the molecule is CCCCC(CC)C(=O)NCC1(CCl)CC1. The first-order chi connectivity index (χ1) is 7.67. The van der Waals surface area contributed by atoms with Crippen LogP contribution in [0.2, 0.25) is 0 Å². The predicted octanol–water partition coefficient (Wildman–Crippen LogP) is 3.34. The molecule has 0 heterocycles. The third kappa shape index (κ3) is 3.97. The van der Waals surface area contributed by atoms with E-state index in [2.05, 4.69) is 19.2 Å². The first-order valence-corrected chi connectivity index (χ1v) is 7.04. The summed E-state index contributed by atoms with van der Waals surface area (Å²) in [5.41, 5.74) is 0.236. The van der Waals surface area contributed by atoms with Gasteiger partial charge in [0.15, 0.2) is 0 Å². The molecule has 0 aromatic heterocycles. The summed E-state index contributed by atoms with van der Waals surface area (Å²) in [6.45, 7) is 5.03. The van der Waals surface area contributed by atoms with E-state index in [1.165, 1.54) is 12.8 Å². The second-order valence-electron chi connectivity index (χ2n) is 5.10. The van der Waals surface area contributed by atoms with Crippen molar-refractivity contribution in [2.45, 2.75) is 52.4 Å². The Balaban J connectivity index is 2.26. The summed E-state index contributed by atoms with van der Waals surface area (Å²) in [5.74, 6) is 1.11. The molecule has 1 atom stereocenters. The quantitative estimate of drug-likeness (QED) is 0.653. The van der Waals surface area contributed by atoms with Gasteiger partial charge < -0.3 is 5.32 Å². The highest BCUT2D eigenvalue weighted by atomic mass is 35.5. The molecule has 1 N–H and O–H groups in total. The fourth-order valence-electron chi connectivity index (χ4n) is 1.92. The molecule has 1 fully saturated rings. The molecule has 0 aromatic rings. The van der Waals surface area contributed by atoms with Crippen LogP contribution in [-0.2, 0) is 4.79 Å². The number of carbonyl (C=O) groups is 1. The number of halogens is 1. The number of carbonyl (C=O) groups excluding carboxylic acids is 1. The van der Waals surface area contributed by atoms with Gasteiger partial charge in [-0.15, -0.1) is 11.6 Å². The summed E-state index contributed by atoms with van der Waals surface area (Å²) in [5, 5.41) is 3.07. The first kappa shape index (κ1) is 13.8. The van der Waals surface area contributed by atoms with E-state index in [1.807, 2.05) is 0 Å². The van der Waals surface area contributed by atoms with Gasteiger partial charge in [0.25, 0.3) is 0 Å². The van der Waals surface area contributed by atoms with E-state index >= 15 is 0 Å². The average Bonchev–Trinajstić information content (AvgIpc) is 3.08. The van der Waals surface area contributed by atoms with Crippen molar-refractivity contribution in [2.24, 2.45) is 11.3 Å². The van der Waals surface area contributed by atoms with Crippen molar-refractivity contribution < 1.29 is 4.79 Å². The number of rotatable bonds is 8. The smallest absolute Gasteiger partial charge is 0.223 e. The van der Waals surface area contributed by atoms with Crippen LogP contribution < -0.4 is 5.32 Å². The highest BCUT2D eigenvalue weighted by Crippen LogP contribution is 2.45. The van der Waals surface area contributed by atoms with Crippen LogP contribution in [0.15, 0.2) is 0 Å². The average molecular weight is 246 g/mol. The van der Waals surface area contributed by atoms with Crippen molar-refractivity contribution in [3.8, 4) is 0 Å². The van der Waals surface area contributed by atoms with Gasteiger partial charge in [-0.25, -0.2) is 0 Å². The van der Waals surface area contributed by atoms with Gasteiger partial charge in [0.05, 0.1) is 0 Å². The lowest BCUT2D eigenvalue weighted by Gasteiger charge is -2.17. The molecule has 0 bridgehead atoms. The molecule has 0 spiro atoms. The van der Waals surface area contributed by atoms with Crippen LogP contribution >= 0.6 is 11.6 Å². The van der Waals surface area contributed by atoms with Crippen LogP contribution in [0.1, 0.15) is 52.4 Å². The number of hydrogen-bond acceptors (Lipinski definition) is 1. The number of alkyl halides is 1. The highest BCUT2D eigenvalue weighted by molar-refractivity contribution is 6.18. The lowest BCUT2D eigenvalue weighted by Crippen LogP contribution is -2.35. The highest BCUT2D eigenvalue weighted by Gasteiger charge is 2.42. The molecule has 16 heavy (non-hydrogen) atoms. The van der Waals surface area contributed by atoms with Crippen molar-refractivity contribution in [1.29, 1.82) is 0 Å². The zero-order valence-electron chi connectivity index (χ0n) is 10.5. The van der Waals surface area contributed by atoms with Gasteiger partial charge in [-0.2, -0.15) is 0 Å². The molecular formula is C13H24ClNO. The second-order valence-corrected chi connectivity index (χ2v) is 5.37. The van der Waals surface area contributed by atoms with Gasteiger partial charge in [-0.3, -0.25) is 4.79 Å². The molecule has 1 amide bonds. The molecule has 0 aliphatic heterocycles. The summed E-state index contributed by atoms with van der Waals surface area (Å²) in [7, 11) is 0. The third-order valence-electron chi connectivity index (χ3n) is 3.65. The summed E-state index contributed by atoms with van der Waals surface area (Å²) < 4.78 is 0. The van der Waals surface area contributed by atoms with Gasteiger partial charge >= 0.3 is 0 Å². The van der Waals surface area contributed by atoms with E-state index in [-0.39, 0.29) is 17.2 Å². The maximum absolute atomic E-state index is 11.9. The Morgan fingerprint density at radius 2 is 2.12 bits per heavy atom. The molecule has 0 radical (unpaired) electrons. The zero-order chi connectivity index (χ0) is 12.0. The summed E-state index contributed by atoms with van der Waals surface area (Å²) in [4.78, 5) is 11.9. The number of nitrogens with one attached hydrogen (secondary N) is 1. The number of amides is 1. The van der Waals surface area contributed by atoms with Crippen molar-refractivity contribution in [2.75, 3.05) is 12.4 Å². The first-order valence-electron chi connectivity index (χ1n) is 6.51. The Kier molecular flexibility index (Phi) is 5.60. The monoisotopic (exact) mass is 245 g/mol. The van der Waals surface area contributed by atoms with E-state index in [1.54, 1.807) is 0 Å². The Labute approximate surface area is 104 Å². The largest absolute Gasteiger partial charge is 0.355 e. The Morgan fingerprint density at radius 1 is 1.44 bits per heavy atom. The van der Waals surface area contributed by atoms with Crippen LogP contribution in [0.5, 0.6) is 0 Å². The minimum absolute atomic E-state index is 0.200. The van der Waals surface area contributed by atoms with Gasteiger partial charge in [0.2, 0.25) is 5.91 Å². The van der Waals surface area contributed by atoms with Gasteiger partial charge in [0, 0.05) is 23.8 Å². The molecule has 0 aromatic carbocycles. The topological polar surface area (TPSA) is 29.1 Å². The van der Waals surface area contributed by atoms with Gasteiger partial charge in [-0.05, 0) is 25.7 Å². The van der Waals surface area contributed by atoms with Crippen LogP contribution in [-0.4, -0.2) is 18.3 Å². The second kappa shape index (κ2) is 6.48. The lowest BCUT2D eigenvalue weighted by molar-refractivity contribution is -0.125. The molecule has 3 heteroatoms. The van der Waals surface area contributed by atoms with E-state index in [0.29, 0.717) is 5.88 Å². The lowest BCUT2D eigenvalue weighted by atomic mass is 9.98. The fraction of sp³-hybridized carbons (Fsp3) is 0.923. The van der Waals surface area contributed by atoms with E-state index in [4.69, 9.17) is 11.6 Å². The number of unbranched alkanes of at least 4 members (excludes halogenated alkanes) is 1. The number of hydrogen-bond donors (Lipinski definition) is 1. The van der Waals surface area contributed by atoms with Crippen molar-refractivity contribution in [3.63, 3.8) is 0 Å². The van der Waals surface area contributed by atoms with E-state index in [9.17, 15) is 4.79 Å². The van der Waals surface area contributed by atoms with Crippen LogP contribution in [0.3, 0.4) is 0 Å². The van der Waals surface area contributed by atoms with Crippen molar-refractivity contribution in [3.05, 3.63) is 0 Å². The predicted molar refractivity (Wildman–Crippen MR) is 68.7 cm³/mol. The van der Waals surface area contributed by atoms with Gasteiger partial charge in [-0.1, -0.05) is 26.7 Å². The Hall–Kier alpha value is -0.240. The summed E-state index contributed by atoms with van der Waals surface area (Å²) >= 11 is 5.88. The molecule has 1 aliphatic carbocycles. The zero-order valence-corrected chi connectivity index (χ0v) is 11.3. The van der Waals surface area contributed by atoms with Crippen LogP contribution in [0, 0.1) is 11.3 Å². The minimum Gasteiger partial charge on any atom is -0.355 e. The summed E-state index contributed by atoms with van der Waals surface area (Å²) in [6, 6.07) is 0. The molecule has 1 unspecified atom stereocenters. The Bertz CT molecular complexity index is 226. The van der Waals surface area contributed by atoms with Crippen LogP contribution in [0.4, 0.5) is 0 Å². The molecule has 94 valence electrons. The molecule has 1 saturated carbocycles. The molecule has 0 saturated heterocycles. The fourth-order valence-corrected chi connectivity index (χ4v) is 2.29. The maximum atomic E-state index is 11.9. The minimum atomic E-state index is 0.200. The maximum Gasteiger partial charge on any atom is 0.223 e. The Morgan fingerprint density at radius 3 is 2.56 bits per heavy atom. The van der Waals surface area contributed by atoms with Crippen molar-refractivity contribution >= 4 is 17.5 Å². The van der Waals surface area contributed by atoms with Crippen molar-refractivity contribution in [1.82, 2.24) is 5.32 Å².